The molecule has 1 aliphatic carbocycles. The lowest BCUT2D eigenvalue weighted by atomic mass is 9.68. The molecule has 1 N–H and O–H groups in total. The topological polar surface area (TPSA) is 46.2 Å². The van der Waals surface area contributed by atoms with Crippen LogP contribution in [0.1, 0.15) is 39.0 Å². The third kappa shape index (κ3) is 2.68. The van der Waals surface area contributed by atoms with Gasteiger partial charge in [-0.05, 0) is 31.7 Å². The van der Waals surface area contributed by atoms with Crippen LogP contribution >= 0.6 is 0 Å². The van der Waals surface area contributed by atoms with Gasteiger partial charge in [-0.1, -0.05) is 19.8 Å². The first kappa shape index (κ1) is 11.0. The summed E-state index contributed by atoms with van der Waals surface area (Å²) in [5.74, 6) is 0.324. The third-order valence-corrected chi connectivity index (χ3v) is 4.62. The molecule has 13 heavy (non-hydrogen) atoms. The number of hydrogen-bond acceptors (Lipinski definition) is 2. The van der Waals surface area contributed by atoms with Gasteiger partial charge in [-0.2, -0.15) is 0 Å². The van der Waals surface area contributed by atoms with Crippen LogP contribution in [0.5, 0.6) is 0 Å². The van der Waals surface area contributed by atoms with Crippen molar-refractivity contribution in [3.63, 3.8) is 0 Å². The number of rotatable bonds is 5. The Kier molecular flexibility index (Phi) is 3.35. The maximum absolute atomic E-state index is 11.4. The van der Waals surface area contributed by atoms with Crippen LogP contribution in [0.2, 0.25) is 0 Å². The molecule has 0 radical (unpaired) electrons. The Balaban J connectivity index is 2.59. The molecule has 0 atom stereocenters. The average Bonchev–Trinajstić information content (AvgIpc) is 2.01. The fourth-order valence-corrected chi connectivity index (χ4v) is 3.53. The molecule has 0 aliphatic heterocycles. The molecular weight excluding hydrogens is 186 g/mol. The van der Waals surface area contributed by atoms with Gasteiger partial charge in [-0.15, -0.1) is 0 Å². The van der Waals surface area contributed by atoms with Crippen molar-refractivity contribution in [2.24, 2.45) is 5.41 Å². The first-order valence-electron chi connectivity index (χ1n) is 4.95. The lowest BCUT2D eigenvalue weighted by Gasteiger charge is -2.41. The quantitative estimate of drug-likeness (QED) is 0.739. The molecule has 0 aromatic carbocycles. The highest BCUT2D eigenvalue weighted by Crippen LogP contribution is 2.45. The molecule has 1 saturated carbocycles. The first-order chi connectivity index (χ1) is 6.04. The molecule has 0 aromatic heterocycles. The van der Waals surface area contributed by atoms with Crippen molar-refractivity contribution in [3.05, 3.63) is 0 Å². The van der Waals surface area contributed by atoms with Crippen LogP contribution in [0.4, 0.5) is 0 Å². The highest BCUT2D eigenvalue weighted by Gasteiger charge is 2.39. The Hall–Kier alpha value is -0.0900. The number of sulfonamides is 1. The Morgan fingerprint density at radius 3 is 2.31 bits per heavy atom. The minimum atomic E-state index is -3.01. The largest absolute Gasteiger partial charge is 0.218 e. The Bertz CT molecular complexity index is 255. The summed E-state index contributed by atoms with van der Waals surface area (Å²) in [5.41, 5.74) is 0.108. The lowest BCUT2D eigenvalue weighted by molar-refractivity contribution is 0.148. The summed E-state index contributed by atoms with van der Waals surface area (Å²) in [5, 5.41) is 0. The van der Waals surface area contributed by atoms with Crippen molar-refractivity contribution in [1.82, 2.24) is 4.72 Å². The van der Waals surface area contributed by atoms with Crippen molar-refractivity contribution in [3.8, 4) is 0 Å². The highest BCUT2D eigenvalue weighted by molar-refractivity contribution is 7.89. The monoisotopic (exact) mass is 205 g/mol. The average molecular weight is 205 g/mol. The fourth-order valence-electron chi connectivity index (χ4n) is 2.15. The van der Waals surface area contributed by atoms with E-state index in [1.807, 2.05) is 0 Å². The van der Waals surface area contributed by atoms with Gasteiger partial charge in [0.15, 0.2) is 0 Å². The van der Waals surface area contributed by atoms with Gasteiger partial charge in [-0.25, -0.2) is 13.1 Å². The molecule has 0 heterocycles. The summed E-state index contributed by atoms with van der Waals surface area (Å²) in [6.07, 6.45) is 5.50. The SMILES string of the molecule is CCCC1(CS(=O)(=O)NC)CCC1. The van der Waals surface area contributed by atoms with Crippen LogP contribution in [0.15, 0.2) is 0 Å². The standard InChI is InChI=1S/C9H19NO2S/c1-3-5-9(6-4-7-9)8-13(11,12)10-2/h10H,3-8H2,1-2H3. The second-order valence-corrected chi connectivity index (χ2v) is 5.99. The van der Waals surface area contributed by atoms with Gasteiger partial charge in [-0.3, -0.25) is 0 Å². The van der Waals surface area contributed by atoms with E-state index in [1.165, 1.54) is 13.5 Å². The zero-order valence-corrected chi connectivity index (χ0v) is 9.28. The summed E-state index contributed by atoms with van der Waals surface area (Å²) < 4.78 is 25.1. The number of nitrogens with one attached hydrogen (secondary N) is 1. The van der Waals surface area contributed by atoms with Crippen molar-refractivity contribution in [1.29, 1.82) is 0 Å². The minimum Gasteiger partial charge on any atom is -0.218 e. The van der Waals surface area contributed by atoms with E-state index < -0.39 is 10.0 Å². The van der Waals surface area contributed by atoms with E-state index in [-0.39, 0.29) is 5.41 Å². The summed E-state index contributed by atoms with van der Waals surface area (Å²) in [6.45, 7) is 2.12. The van der Waals surface area contributed by atoms with E-state index in [0.29, 0.717) is 5.75 Å². The zero-order valence-electron chi connectivity index (χ0n) is 8.47. The molecule has 1 fully saturated rings. The van der Waals surface area contributed by atoms with Gasteiger partial charge in [0, 0.05) is 0 Å². The molecule has 0 saturated heterocycles. The van der Waals surface area contributed by atoms with E-state index in [2.05, 4.69) is 11.6 Å². The number of hydrogen-bond donors (Lipinski definition) is 1. The highest BCUT2D eigenvalue weighted by atomic mass is 32.2. The molecule has 0 bridgehead atoms. The van der Waals surface area contributed by atoms with Gasteiger partial charge >= 0.3 is 0 Å². The first-order valence-corrected chi connectivity index (χ1v) is 6.60. The summed E-state index contributed by atoms with van der Waals surface area (Å²) in [4.78, 5) is 0. The molecule has 0 unspecified atom stereocenters. The van der Waals surface area contributed by atoms with Crippen LogP contribution in [0.25, 0.3) is 0 Å². The molecule has 0 amide bonds. The van der Waals surface area contributed by atoms with Crippen LogP contribution in [0, 0.1) is 5.41 Å². The molecule has 0 aromatic rings. The van der Waals surface area contributed by atoms with Gasteiger partial charge in [0.05, 0.1) is 5.75 Å². The Labute approximate surface area is 81.0 Å². The van der Waals surface area contributed by atoms with E-state index >= 15 is 0 Å². The van der Waals surface area contributed by atoms with Gasteiger partial charge < -0.3 is 0 Å². The van der Waals surface area contributed by atoms with Crippen LogP contribution < -0.4 is 4.72 Å². The van der Waals surface area contributed by atoms with Crippen LogP contribution in [-0.4, -0.2) is 21.2 Å². The molecule has 3 nitrogen and oxygen atoms in total. The summed E-state index contributed by atoms with van der Waals surface area (Å²) in [7, 11) is -1.52. The fraction of sp³-hybridized carbons (Fsp3) is 1.00. The lowest BCUT2D eigenvalue weighted by Crippen LogP contribution is -2.40. The maximum Gasteiger partial charge on any atom is 0.211 e. The third-order valence-electron chi connectivity index (χ3n) is 3.00. The van der Waals surface area contributed by atoms with Gasteiger partial charge in [0.25, 0.3) is 0 Å². The molecular formula is C9H19NO2S. The predicted octanol–water partition coefficient (Wildman–Crippen LogP) is 1.51. The maximum atomic E-state index is 11.4. The van der Waals surface area contributed by atoms with E-state index in [4.69, 9.17) is 0 Å². The zero-order chi connectivity index (χ0) is 9.95. The Morgan fingerprint density at radius 2 is 2.00 bits per heavy atom. The summed E-state index contributed by atoms with van der Waals surface area (Å²) >= 11 is 0. The van der Waals surface area contributed by atoms with E-state index in [9.17, 15) is 8.42 Å². The minimum absolute atomic E-state index is 0.108. The molecule has 0 spiro atoms. The van der Waals surface area contributed by atoms with Gasteiger partial charge in [0.2, 0.25) is 10.0 Å². The van der Waals surface area contributed by atoms with Crippen molar-refractivity contribution < 1.29 is 8.42 Å². The van der Waals surface area contributed by atoms with Crippen molar-refractivity contribution in [2.45, 2.75) is 39.0 Å². The van der Waals surface area contributed by atoms with Crippen molar-refractivity contribution >= 4 is 10.0 Å². The molecule has 78 valence electrons. The smallest absolute Gasteiger partial charge is 0.211 e. The second kappa shape index (κ2) is 3.96. The molecule has 1 aliphatic rings. The predicted molar refractivity (Wildman–Crippen MR) is 54.0 cm³/mol. The normalized spacial score (nSPS) is 21.1. The molecule has 1 rings (SSSR count). The van der Waals surface area contributed by atoms with Gasteiger partial charge in [0.1, 0.15) is 0 Å². The second-order valence-electron chi connectivity index (χ2n) is 4.07. The molecule has 4 heteroatoms. The Morgan fingerprint density at radius 1 is 1.38 bits per heavy atom. The van der Waals surface area contributed by atoms with Crippen LogP contribution in [0.3, 0.4) is 0 Å². The summed E-state index contributed by atoms with van der Waals surface area (Å²) in [6, 6.07) is 0. The van der Waals surface area contributed by atoms with Crippen molar-refractivity contribution in [2.75, 3.05) is 12.8 Å². The van der Waals surface area contributed by atoms with E-state index in [0.717, 1.165) is 25.7 Å². The van der Waals surface area contributed by atoms with E-state index in [1.54, 1.807) is 0 Å². The van der Waals surface area contributed by atoms with Crippen LogP contribution in [-0.2, 0) is 10.0 Å².